The van der Waals surface area contributed by atoms with Gasteiger partial charge in [0.05, 0.1) is 6.61 Å². The summed E-state index contributed by atoms with van der Waals surface area (Å²) in [4.78, 5) is 2.48. The Kier molecular flexibility index (Phi) is 3.33. The van der Waals surface area contributed by atoms with Crippen molar-refractivity contribution in [1.29, 1.82) is 0 Å². The fourth-order valence-corrected chi connectivity index (χ4v) is 2.10. The molecule has 0 radical (unpaired) electrons. The standard InChI is InChI=1S/C12H24N2O/c1-12(13,9-15)8-14(6-10-2-3-10)7-11-4-5-11/h10-11,15H,2-9,13H2,1H3. The molecule has 2 saturated carbocycles. The molecule has 0 heterocycles. The van der Waals surface area contributed by atoms with Crippen LogP contribution in [-0.4, -0.2) is 41.8 Å². The number of rotatable bonds is 7. The molecule has 88 valence electrons. The van der Waals surface area contributed by atoms with Crippen molar-refractivity contribution in [2.75, 3.05) is 26.2 Å². The zero-order chi connectivity index (χ0) is 10.9. The first-order chi connectivity index (χ1) is 7.09. The number of hydrogen-bond donors (Lipinski definition) is 2. The van der Waals surface area contributed by atoms with Crippen molar-refractivity contribution in [3.05, 3.63) is 0 Å². The largest absolute Gasteiger partial charge is 0.394 e. The third-order valence-electron chi connectivity index (χ3n) is 3.37. The number of nitrogens with zero attached hydrogens (tertiary/aromatic N) is 1. The quantitative estimate of drug-likeness (QED) is 0.657. The molecule has 0 amide bonds. The van der Waals surface area contributed by atoms with Crippen LogP contribution < -0.4 is 5.73 Å². The van der Waals surface area contributed by atoms with E-state index in [9.17, 15) is 5.11 Å². The maximum absolute atomic E-state index is 9.19. The van der Waals surface area contributed by atoms with Gasteiger partial charge in [-0.15, -0.1) is 0 Å². The Bertz CT molecular complexity index is 196. The summed E-state index contributed by atoms with van der Waals surface area (Å²) in [7, 11) is 0. The Morgan fingerprint density at radius 3 is 2.00 bits per heavy atom. The molecule has 3 heteroatoms. The van der Waals surface area contributed by atoms with Gasteiger partial charge in [-0.2, -0.15) is 0 Å². The van der Waals surface area contributed by atoms with Gasteiger partial charge in [-0.1, -0.05) is 0 Å². The van der Waals surface area contributed by atoms with Crippen LogP contribution in [0.3, 0.4) is 0 Å². The molecule has 2 aliphatic carbocycles. The van der Waals surface area contributed by atoms with Crippen molar-refractivity contribution < 1.29 is 5.11 Å². The Balaban J connectivity index is 1.79. The van der Waals surface area contributed by atoms with Gasteiger partial charge in [0, 0.05) is 25.2 Å². The maximum atomic E-state index is 9.19. The number of aliphatic hydroxyl groups is 1. The summed E-state index contributed by atoms with van der Waals surface area (Å²) in [5, 5.41) is 9.19. The van der Waals surface area contributed by atoms with E-state index < -0.39 is 5.54 Å². The molecule has 3 nitrogen and oxygen atoms in total. The molecule has 0 saturated heterocycles. The van der Waals surface area contributed by atoms with Crippen LogP contribution in [0.15, 0.2) is 0 Å². The number of aliphatic hydroxyl groups excluding tert-OH is 1. The van der Waals surface area contributed by atoms with Gasteiger partial charge in [0.2, 0.25) is 0 Å². The summed E-state index contributed by atoms with van der Waals surface area (Å²) in [6.45, 7) is 5.27. The van der Waals surface area contributed by atoms with Crippen molar-refractivity contribution in [1.82, 2.24) is 4.90 Å². The van der Waals surface area contributed by atoms with Crippen LogP contribution in [0.25, 0.3) is 0 Å². The average molecular weight is 212 g/mol. The SMILES string of the molecule is CC(N)(CO)CN(CC1CC1)CC1CC1. The summed E-state index contributed by atoms with van der Waals surface area (Å²) < 4.78 is 0. The zero-order valence-corrected chi connectivity index (χ0v) is 9.78. The van der Waals surface area contributed by atoms with E-state index in [1.165, 1.54) is 38.8 Å². The van der Waals surface area contributed by atoms with Crippen molar-refractivity contribution in [2.24, 2.45) is 17.6 Å². The van der Waals surface area contributed by atoms with Crippen LogP contribution in [0, 0.1) is 11.8 Å². The van der Waals surface area contributed by atoms with Gasteiger partial charge in [0.25, 0.3) is 0 Å². The second kappa shape index (κ2) is 4.40. The monoisotopic (exact) mass is 212 g/mol. The zero-order valence-electron chi connectivity index (χ0n) is 9.78. The molecular formula is C12H24N2O. The van der Waals surface area contributed by atoms with Gasteiger partial charge in [0.15, 0.2) is 0 Å². The van der Waals surface area contributed by atoms with Crippen molar-refractivity contribution in [3.8, 4) is 0 Å². The van der Waals surface area contributed by atoms with E-state index in [1.807, 2.05) is 6.92 Å². The van der Waals surface area contributed by atoms with E-state index in [-0.39, 0.29) is 6.61 Å². The number of nitrogens with two attached hydrogens (primary N) is 1. The third kappa shape index (κ3) is 4.09. The predicted octanol–water partition coefficient (Wildman–Crippen LogP) is 0.818. The molecule has 0 aliphatic heterocycles. The van der Waals surface area contributed by atoms with Crippen LogP contribution in [-0.2, 0) is 0 Å². The highest BCUT2D eigenvalue weighted by Gasteiger charge is 2.31. The van der Waals surface area contributed by atoms with Crippen molar-refractivity contribution in [3.63, 3.8) is 0 Å². The Hall–Kier alpha value is -0.120. The lowest BCUT2D eigenvalue weighted by Crippen LogP contribution is -2.51. The van der Waals surface area contributed by atoms with Gasteiger partial charge in [-0.05, 0) is 44.4 Å². The highest BCUT2D eigenvalue weighted by molar-refractivity contribution is 4.88. The molecule has 1 atom stereocenters. The Morgan fingerprint density at radius 2 is 1.67 bits per heavy atom. The molecule has 0 aromatic heterocycles. The summed E-state index contributed by atoms with van der Waals surface area (Å²) in [5.74, 6) is 1.83. The van der Waals surface area contributed by atoms with Crippen LogP contribution in [0.1, 0.15) is 32.6 Å². The summed E-state index contributed by atoms with van der Waals surface area (Å²) in [6, 6.07) is 0. The molecule has 1 unspecified atom stereocenters. The Labute approximate surface area is 92.6 Å². The molecule has 0 aromatic carbocycles. The van der Waals surface area contributed by atoms with Crippen LogP contribution >= 0.6 is 0 Å². The smallest absolute Gasteiger partial charge is 0.0621 e. The molecule has 2 aliphatic rings. The van der Waals surface area contributed by atoms with E-state index in [2.05, 4.69) is 4.90 Å². The normalized spacial score (nSPS) is 25.6. The highest BCUT2D eigenvalue weighted by Crippen LogP contribution is 2.33. The molecule has 3 N–H and O–H groups in total. The van der Waals surface area contributed by atoms with Crippen LogP contribution in [0.2, 0.25) is 0 Å². The predicted molar refractivity (Wildman–Crippen MR) is 61.6 cm³/mol. The first-order valence-electron chi connectivity index (χ1n) is 6.21. The average Bonchev–Trinajstić information content (AvgIpc) is 2.99. The molecule has 15 heavy (non-hydrogen) atoms. The Morgan fingerprint density at radius 1 is 1.20 bits per heavy atom. The lowest BCUT2D eigenvalue weighted by molar-refractivity contribution is 0.141. The number of hydrogen-bond acceptors (Lipinski definition) is 3. The minimum atomic E-state index is -0.427. The van der Waals surface area contributed by atoms with E-state index in [4.69, 9.17) is 5.73 Å². The highest BCUT2D eigenvalue weighted by atomic mass is 16.3. The summed E-state index contributed by atoms with van der Waals surface area (Å²) >= 11 is 0. The van der Waals surface area contributed by atoms with Crippen molar-refractivity contribution in [2.45, 2.75) is 38.1 Å². The molecule has 2 rings (SSSR count). The molecule has 0 spiro atoms. The molecule has 0 bridgehead atoms. The minimum absolute atomic E-state index is 0.0822. The maximum Gasteiger partial charge on any atom is 0.0621 e. The molecular weight excluding hydrogens is 188 g/mol. The first kappa shape index (κ1) is 11.4. The fourth-order valence-electron chi connectivity index (χ4n) is 2.10. The van der Waals surface area contributed by atoms with Gasteiger partial charge >= 0.3 is 0 Å². The fraction of sp³-hybridized carbons (Fsp3) is 1.00. The van der Waals surface area contributed by atoms with Crippen molar-refractivity contribution >= 4 is 0 Å². The van der Waals surface area contributed by atoms with E-state index in [0.29, 0.717) is 0 Å². The van der Waals surface area contributed by atoms with E-state index in [1.54, 1.807) is 0 Å². The van der Waals surface area contributed by atoms with Crippen LogP contribution in [0.4, 0.5) is 0 Å². The lowest BCUT2D eigenvalue weighted by atomic mass is 10.0. The van der Waals surface area contributed by atoms with Gasteiger partial charge in [0.1, 0.15) is 0 Å². The summed E-state index contributed by atoms with van der Waals surface area (Å²) in [5.41, 5.74) is 5.59. The molecule has 0 aromatic rings. The topological polar surface area (TPSA) is 49.5 Å². The van der Waals surface area contributed by atoms with Gasteiger partial charge < -0.3 is 15.7 Å². The van der Waals surface area contributed by atoms with E-state index >= 15 is 0 Å². The first-order valence-corrected chi connectivity index (χ1v) is 6.21. The lowest BCUT2D eigenvalue weighted by Gasteiger charge is -2.31. The minimum Gasteiger partial charge on any atom is -0.394 e. The second-order valence-electron chi connectivity index (χ2n) is 5.89. The third-order valence-corrected chi connectivity index (χ3v) is 3.37. The van der Waals surface area contributed by atoms with E-state index in [0.717, 1.165) is 18.4 Å². The second-order valence-corrected chi connectivity index (χ2v) is 5.89. The molecule has 2 fully saturated rings. The van der Waals surface area contributed by atoms with Gasteiger partial charge in [-0.25, -0.2) is 0 Å². The summed E-state index contributed by atoms with van der Waals surface area (Å²) in [6.07, 6.45) is 5.56. The van der Waals surface area contributed by atoms with Gasteiger partial charge in [-0.3, -0.25) is 0 Å². The van der Waals surface area contributed by atoms with Crippen LogP contribution in [0.5, 0.6) is 0 Å².